The van der Waals surface area contributed by atoms with Gasteiger partial charge in [0, 0.05) is 20.5 Å². The molecule has 0 aliphatic heterocycles. The van der Waals surface area contributed by atoms with Crippen molar-refractivity contribution in [1.29, 1.82) is 0 Å². The molecule has 1 atom stereocenters. The Morgan fingerprint density at radius 1 is 1.44 bits per heavy atom. The van der Waals surface area contributed by atoms with Gasteiger partial charge in [0.05, 0.1) is 24.9 Å². The number of methoxy groups -OCH3 is 1. The van der Waals surface area contributed by atoms with Gasteiger partial charge >= 0.3 is 5.97 Å². The van der Waals surface area contributed by atoms with Gasteiger partial charge in [-0.3, -0.25) is 4.79 Å². The van der Waals surface area contributed by atoms with Gasteiger partial charge in [-0.25, -0.2) is 0 Å². The average Bonchev–Trinajstić information content (AvgIpc) is 2.18. The molecule has 1 unspecified atom stereocenters. The lowest BCUT2D eigenvalue weighted by Gasteiger charge is -2.21. The van der Waals surface area contributed by atoms with E-state index in [9.17, 15) is 4.79 Å². The second-order valence-corrected chi connectivity index (χ2v) is 4.09. The lowest BCUT2D eigenvalue weighted by Crippen LogP contribution is -2.24. The Labute approximate surface area is 97.4 Å². The molecule has 0 aromatic carbocycles. The number of carbonyl (C=O) groups excluding carboxylic acids is 1. The Hall–Kier alpha value is -0.650. The molecule has 2 N–H and O–H groups in total. The van der Waals surface area contributed by atoms with E-state index < -0.39 is 6.10 Å². The van der Waals surface area contributed by atoms with Crippen LogP contribution in [0, 0.1) is 0 Å². The van der Waals surface area contributed by atoms with E-state index in [1.807, 2.05) is 13.8 Å². The Balaban J connectivity index is 0. The van der Waals surface area contributed by atoms with Crippen LogP contribution in [-0.4, -0.2) is 48.2 Å². The number of carbonyl (C=O) groups is 1. The number of rotatable bonds is 5. The fraction of sp³-hybridized carbons (Fsp3) is 0.909. The van der Waals surface area contributed by atoms with Crippen LogP contribution in [0.4, 0.5) is 0 Å². The Kier molecular flexibility index (Phi) is 10.6. The van der Waals surface area contributed by atoms with Gasteiger partial charge in [0.1, 0.15) is 0 Å². The molecular formula is C11H24O5. The molecule has 0 bridgehead atoms. The molecule has 0 saturated heterocycles. The van der Waals surface area contributed by atoms with Crippen LogP contribution in [0.2, 0.25) is 0 Å². The van der Waals surface area contributed by atoms with Crippen LogP contribution in [0.15, 0.2) is 0 Å². The molecule has 0 aliphatic rings. The third-order valence-electron chi connectivity index (χ3n) is 1.83. The summed E-state index contributed by atoms with van der Waals surface area (Å²) in [6, 6.07) is 0. The maximum atomic E-state index is 10.4. The van der Waals surface area contributed by atoms with E-state index in [4.69, 9.17) is 19.7 Å². The number of esters is 1. The van der Waals surface area contributed by atoms with Crippen LogP contribution >= 0.6 is 0 Å². The predicted octanol–water partition coefficient (Wildman–Crippen LogP) is 0.724. The van der Waals surface area contributed by atoms with Crippen molar-refractivity contribution in [3.05, 3.63) is 0 Å². The molecule has 16 heavy (non-hydrogen) atoms. The first-order chi connectivity index (χ1) is 7.25. The molecule has 0 radical (unpaired) electrons. The number of aliphatic hydroxyl groups is 2. The van der Waals surface area contributed by atoms with Crippen molar-refractivity contribution in [3.63, 3.8) is 0 Å². The van der Waals surface area contributed by atoms with E-state index in [0.717, 1.165) is 6.42 Å². The van der Waals surface area contributed by atoms with Gasteiger partial charge in [-0.1, -0.05) is 0 Å². The van der Waals surface area contributed by atoms with Crippen molar-refractivity contribution >= 4 is 5.97 Å². The molecule has 5 nitrogen and oxygen atoms in total. The normalized spacial score (nSPS) is 12.4. The molecule has 5 heteroatoms. The minimum absolute atomic E-state index is 0.139. The minimum atomic E-state index is -0.560. The van der Waals surface area contributed by atoms with Gasteiger partial charge in [0.15, 0.2) is 0 Å². The second-order valence-electron chi connectivity index (χ2n) is 4.09. The minimum Gasteiger partial charge on any atom is -0.466 e. The largest absolute Gasteiger partial charge is 0.466 e. The van der Waals surface area contributed by atoms with E-state index in [0.29, 0.717) is 6.61 Å². The lowest BCUT2D eigenvalue weighted by atomic mass is 10.1. The van der Waals surface area contributed by atoms with E-state index in [1.165, 1.54) is 13.8 Å². The van der Waals surface area contributed by atoms with E-state index in [2.05, 4.69) is 0 Å². The summed E-state index contributed by atoms with van der Waals surface area (Å²) in [5.74, 6) is -0.239. The molecule has 0 amide bonds. The first-order valence-electron chi connectivity index (χ1n) is 5.22. The maximum absolute atomic E-state index is 10.4. The summed E-state index contributed by atoms with van der Waals surface area (Å²) in [4.78, 5) is 10.4. The fourth-order valence-corrected chi connectivity index (χ4v) is 0.543. The van der Waals surface area contributed by atoms with Gasteiger partial charge < -0.3 is 19.7 Å². The smallest absolute Gasteiger partial charge is 0.302 e. The van der Waals surface area contributed by atoms with Crippen LogP contribution in [0.3, 0.4) is 0 Å². The number of hydrogen-bond acceptors (Lipinski definition) is 5. The fourth-order valence-electron chi connectivity index (χ4n) is 0.543. The monoisotopic (exact) mass is 236 g/mol. The Morgan fingerprint density at radius 2 is 1.88 bits per heavy atom. The molecule has 0 rings (SSSR count). The van der Waals surface area contributed by atoms with E-state index >= 15 is 0 Å². The van der Waals surface area contributed by atoms with Gasteiger partial charge in [-0.2, -0.15) is 0 Å². The van der Waals surface area contributed by atoms with Gasteiger partial charge in [-0.15, -0.1) is 0 Å². The lowest BCUT2D eigenvalue weighted by molar-refractivity contribution is -0.142. The van der Waals surface area contributed by atoms with Crippen molar-refractivity contribution in [3.8, 4) is 0 Å². The summed E-state index contributed by atoms with van der Waals surface area (Å²) in [6.07, 6.45) is 0.165. The molecule has 0 aliphatic carbocycles. The van der Waals surface area contributed by atoms with Crippen molar-refractivity contribution in [1.82, 2.24) is 0 Å². The highest BCUT2D eigenvalue weighted by molar-refractivity contribution is 5.65. The zero-order valence-electron chi connectivity index (χ0n) is 10.8. The number of hydrogen-bond donors (Lipinski definition) is 2. The average molecular weight is 236 g/mol. The molecule has 0 spiro atoms. The molecule has 0 aromatic rings. The van der Waals surface area contributed by atoms with Crippen molar-refractivity contribution in [2.75, 3.05) is 20.3 Å². The van der Waals surface area contributed by atoms with Crippen molar-refractivity contribution in [2.24, 2.45) is 0 Å². The summed E-state index contributed by atoms with van der Waals surface area (Å²) in [5.41, 5.74) is -0.199. The number of ether oxygens (including phenoxy) is 2. The van der Waals surface area contributed by atoms with Gasteiger partial charge in [0.25, 0.3) is 0 Å². The van der Waals surface area contributed by atoms with Crippen LogP contribution < -0.4 is 0 Å². The highest BCUT2D eigenvalue weighted by Gasteiger charge is 2.15. The van der Waals surface area contributed by atoms with Crippen molar-refractivity contribution < 1.29 is 24.5 Å². The number of aliphatic hydroxyl groups excluding tert-OH is 2. The van der Waals surface area contributed by atoms with Gasteiger partial charge in [0.2, 0.25) is 0 Å². The topological polar surface area (TPSA) is 76.0 Å². The predicted molar refractivity (Wildman–Crippen MR) is 61.1 cm³/mol. The third-order valence-corrected chi connectivity index (χ3v) is 1.83. The molecule has 98 valence electrons. The summed E-state index contributed by atoms with van der Waals surface area (Å²) in [5, 5.41) is 16.0. The molecule has 0 saturated carbocycles. The Morgan fingerprint density at radius 3 is 2.12 bits per heavy atom. The highest BCUT2D eigenvalue weighted by atomic mass is 16.5. The molecule has 0 heterocycles. The zero-order valence-corrected chi connectivity index (χ0v) is 10.8. The molecular weight excluding hydrogens is 212 g/mol. The highest BCUT2D eigenvalue weighted by Crippen LogP contribution is 2.12. The first kappa shape index (κ1) is 17.7. The van der Waals surface area contributed by atoms with Crippen LogP contribution in [-0.2, 0) is 14.3 Å². The van der Waals surface area contributed by atoms with Gasteiger partial charge in [-0.05, 0) is 20.8 Å². The van der Waals surface area contributed by atoms with Crippen LogP contribution in [0.5, 0.6) is 0 Å². The van der Waals surface area contributed by atoms with E-state index in [1.54, 1.807) is 7.11 Å². The second kappa shape index (κ2) is 9.57. The first-order valence-corrected chi connectivity index (χ1v) is 5.22. The van der Waals surface area contributed by atoms with Crippen molar-refractivity contribution in [2.45, 2.75) is 45.8 Å². The summed E-state index contributed by atoms with van der Waals surface area (Å²) in [6.45, 7) is 7.13. The van der Waals surface area contributed by atoms with E-state index in [-0.39, 0.29) is 18.2 Å². The quantitative estimate of drug-likeness (QED) is 0.688. The maximum Gasteiger partial charge on any atom is 0.302 e. The Bertz CT molecular complexity index is 177. The zero-order chi connectivity index (χ0) is 13.2. The van der Waals surface area contributed by atoms with Crippen LogP contribution in [0.25, 0.3) is 0 Å². The molecule has 0 fully saturated rings. The van der Waals surface area contributed by atoms with Crippen LogP contribution in [0.1, 0.15) is 34.1 Å². The SMILES string of the molecule is CC(O)CO.COC(C)(C)CCOC(C)=O. The summed E-state index contributed by atoms with van der Waals surface area (Å²) < 4.78 is 9.89. The summed E-state index contributed by atoms with van der Waals surface area (Å²) in [7, 11) is 1.65. The molecule has 0 aromatic heterocycles. The third kappa shape index (κ3) is 15.8. The standard InChI is InChI=1S/C8H16O3.C3H8O2/c1-7(9)11-6-5-8(2,3)10-4;1-3(5)2-4/h5-6H2,1-4H3;3-5H,2H2,1H3. The summed E-state index contributed by atoms with van der Waals surface area (Å²) >= 11 is 0.